The van der Waals surface area contributed by atoms with E-state index in [9.17, 15) is 0 Å². The molecular weight excluding hydrogens is 254 g/mol. The fraction of sp³-hybridized carbons (Fsp3) is 0.600. The van der Waals surface area contributed by atoms with Crippen molar-refractivity contribution in [3.05, 3.63) is 23.2 Å². The van der Waals surface area contributed by atoms with E-state index in [0.717, 1.165) is 28.7 Å². The molecule has 0 aromatic carbocycles. The fourth-order valence-corrected chi connectivity index (χ4v) is 3.46. The molecule has 1 fully saturated rings. The third kappa shape index (κ3) is 2.73. The van der Waals surface area contributed by atoms with Crippen LogP contribution in [0.15, 0.2) is 18.5 Å². The topological polar surface area (TPSA) is 33.6 Å². The van der Waals surface area contributed by atoms with Crippen LogP contribution >= 0.6 is 12.2 Å². The number of imidazole rings is 1. The van der Waals surface area contributed by atoms with Gasteiger partial charge in [-0.2, -0.15) is 0 Å². The number of aromatic nitrogens is 3. The predicted molar refractivity (Wildman–Crippen MR) is 80.7 cm³/mol. The molecule has 1 N–H and O–H groups in total. The Kier molecular flexibility index (Phi) is 3.69. The maximum atomic E-state index is 5.42. The Morgan fingerprint density at radius 1 is 1.37 bits per heavy atom. The minimum absolute atomic E-state index is 0.826. The van der Waals surface area contributed by atoms with Crippen molar-refractivity contribution >= 4 is 23.3 Å². The highest BCUT2D eigenvalue weighted by Gasteiger charge is 2.18. The van der Waals surface area contributed by atoms with Crippen molar-refractivity contribution < 1.29 is 0 Å². The van der Waals surface area contributed by atoms with E-state index in [1.54, 1.807) is 0 Å². The molecule has 4 heteroatoms. The van der Waals surface area contributed by atoms with Crippen molar-refractivity contribution in [1.82, 2.24) is 14.5 Å². The Labute approximate surface area is 119 Å². The monoisotopic (exact) mass is 275 g/mol. The number of nitrogens with one attached hydrogen (secondary N) is 1. The van der Waals surface area contributed by atoms with Gasteiger partial charge in [-0.05, 0) is 36.5 Å². The van der Waals surface area contributed by atoms with E-state index in [0.29, 0.717) is 0 Å². The number of hydrogen-bond donors (Lipinski definition) is 1. The van der Waals surface area contributed by atoms with Crippen molar-refractivity contribution in [2.24, 2.45) is 11.8 Å². The number of aryl methyl sites for hydroxylation is 1. The van der Waals surface area contributed by atoms with Gasteiger partial charge in [0.25, 0.3) is 0 Å². The van der Waals surface area contributed by atoms with Gasteiger partial charge in [0, 0.05) is 12.7 Å². The van der Waals surface area contributed by atoms with Crippen LogP contribution in [0.4, 0.5) is 0 Å². The van der Waals surface area contributed by atoms with E-state index in [-0.39, 0.29) is 0 Å². The molecule has 0 saturated heterocycles. The zero-order valence-corrected chi connectivity index (χ0v) is 12.2. The lowest BCUT2D eigenvalue weighted by Crippen LogP contribution is -2.14. The molecule has 0 atom stereocenters. The molecule has 1 aliphatic rings. The summed E-state index contributed by atoms with van der Waals surface area (Å²) in [5.41, 5.74) is 2.23. The van der Waals surface area contributed by atoms with Gasteiger partial charge in [-0.15, -0.1) is 0 Å². The average Bonchev–Trinajstić information content (AvgIpc) is 2.74. The second-order valence-corrected chi connectivity index (χ2v) is 6.28. The zero-order valence-electron chi connectivity index (χ0n) is 11.4. The first-order valence-electron chi connectivity index (χ1n) is 7.26. The Morgan fingerprint density at radius 2 is 2.16 bits per heavy atom. The summed E-state index contributed by atoms with van der Waals surface area (Å²) in [6.45, 7) is 3.40. The summed E-state index contributed by atoms with van der Waals surface area (Å²) in [5.74, 6) is 1.81. The van der Waals surface area contributed by atoms with Gasteiger partial charge in [-0.25, -0.2) is 0 Å². The average molecular weight is 275 g/mol. The van der Waals surface area contributed by atoms with E-state index in [1.807, 2.05) is 18.5 Å². The summed E-state index contributed by atoms with van der Waals surface area (Å²) in [7, 11) is 0. The normalized spacial score (nSPS) is 23.8. The predicted octanol–water partition coefficient (Wildman–Crippen LogP) is 4.31. The molecule has 102 valence electrons. The Morgan fingerprint density at radius 3 is 2.95 bits per heavy atom. The quantitative estimate of drug-likeness (QED) is 0.847. The number of hydrogen-bond acceptors (Lipinski definition) is 2. The molecule has 1 saturated carbocycles. The molecule has 0 bridgehead atoms. The van der Waals surface area contributed by atoms with Gasteiger partial charge in [0.2, 0.25) is 0 Å². The zero-order chi connectivity index (χ0) is 13.2. The van der Waals surface area contributed by atoms with Crippen molar-refractivity contribution in [2.75, 3.05) is 0 Å². The maximum Gasteiger partial charge on any atom is 0.178 e. The highest BCUT2D eigenvalue weighted by Crippen LogP contribution is 2.30. The summed E-state index contributed by atoms with van der Waals surface area (Å²) in [6.07, 6.45) is 10.5. The minimum atomic E-state index is 0.826. The second kappa shape index (κ2) is 5.45. The van der Waals surface area contributed by atoms with Crippen molar-refractivity contribution in [2.45, 2.75) is 45.6 Å². The maximum absolute atomic E-state index is 5.42. The molecule has 3 rings (SSSR count). The van der Waals surface area contributed by atoms with Gasteiger partial charge in [0.15, 0.2) is 4.77 Å². The smallest absolute Gasteiger partial charge is 0.178 e. The SMILES string of the molecule is CC1CCC(CCn2c(=S)[nH]c3cnccc32)CC1. The first kappa shape index (κ1) is 12.9. The second-order valence-electron chi connectivity index (χ2n) is 5.89. The first-order valence-corrected chi connectivity index (χ1v) is 7.67. The molecule has 0 amide bonds. The molecule has 0 aliphatic heterocycles. The van der Waals surface area contributed by atoms with Gasteiger partial charge < -0.3 is 9.55 Å². The van der Waals surface area contributed by atoms with Crippen LogP contribution in [0.1, 0.15) is 39.0 Å². The van der Waals surface area contributed by atoms with Crippen LogP contribution in [-0.4, -0.2) is 14.5 Å². The van der Waals surface area contributed by atoms with Crippen molar-refractivity contribution in [1.29, 1.82) is 0 Å². The van der Waals surface area contributed by atoms with E-state index < -0.39 is 0 Å². The number of nitrogens with zero attached hydrogens (tertiary/aromatic N) is 2. The van der Waals surface area contributed by atoms with E-state index >= 15 is 0 Å². The summed E-state index contributed by atoms with van der Waals surface area (Å²) < 4.78 is 3.05. The fourth-order valence-electron chi connectivity index (χ4n) is 3.16. The molecule has 1 aliphatic carbocycles. The Balaban J connectivity index is 1.72. The van der Waals surface area contributed by atoms with E-state index in [1.165, 1.54) is 37.6 Å². The largest absolute Gasteiger partial charge is 0.329 e. The molecule has 2 heterocycles. The molecule has 0 radical (unpaired) electrons. The molecule has 0 unspecified atom stereocenters. The third-order valence-electron chi connectivity index (χ3n) is 4.47. The molecule has 2 aromatic rings. The number of rotatable bonds is 3. The summed E-state index contributed by atoms with van der Waals surface area (Å²) in [4.78, 5) is 7.37. The lowest BCUT2D eigenvalue weighted by molar-refractivity contribution is 0.269. The van der Waals surface area contributed by atoms with Gasteiger partial charge in [-0.1, -0.05) is 32.6 Å². The van der Waals surface area contributed by atoms with E-state index in [4.69, 9.17) is 12.2 Å². The minimum Gasteiger partial charge on any atom is -0.329 e. The van der Waals surface area contributed by atoms with E-state index in [2.05, 4.69) is 21.5 Å². The van der Waals surface area contributed by atoms with Crippen molar-refractivity contribution in [3.63, 3.8) is 0 Å². The van der Waals surface area contributed by atoms with Crippen LogP contribution in [0.5, 0.6) is 0 Å². The highest BCUT2D eigenvalue weighted by molar-refractivity contribution is 7.71. The molecule has 19 heavy (non-hydrogen) atoms. The van der Waals surface area contributed by atoms with Crippen LogP contribution in [0, 0.1) is 16.6 Å². The van der Waals surface area contributed by atoms with Crippen LogP contribution in [0.25, 0.3) is 11.0 Å². The number of pyridine rings is 1. The standard InChI is InChI=1S/C15H21N3S/c1-11-2-4-12(5-3-11)7-9-18-14-6-8-16-10-13(14)17-15(18)19/h6,8,10-12H,2-5,7,9H2,1H3,(H,17,19). The van der Waals surface area contributed by atoms with Gasteiger partial charge >= 0.3 is 0 Å². The number of fused-ring (bicyclic) bond motifs is 1. The molecule has 2 aromatic heterocycles. The Bertz CT molecular complexity index is 605. The van der Waals surface area contributed by atoms with Gasteiger partial charge in [0.05, 0.1) is 17.2 Å². The first-order chi connectivity index (χ1) is 9.24. The summed E-state index contributed by atoms with van der Waals surface area (Å²) in [6, 6.07) is 2.05. The lowest BCUT2D eigenvalue weighted by Gasteiger charge is -2.26. The van der Waals surface area contributed by atoms with Crippen LogP contribution < -0.4 is 0 Å². The lowest BCUT2D eigenvalue weighted by atomic mass is 9.81. The summed E-state index contributed by atoms with van der Waals surface area (Å²) >= 11 is 5.42. The summed E-state index contributed by atoms with van der Waals surface area (Å²) in [5, 5.41) is 0. The van der Waals surface area contributed by atoms with Crippen LogP contribution in [0.3, 0.4) is 0 Å². The molecule has 3 nitrogen and oxygen atoms in total. The molecule has 0 spiro atoms. The van der Waals surface area contributed by atoms with Crippen LogP contribution in [-0.2, 0) is 6.54 Å². The Hall–Kier alpha value is -1.16. The number of aromatic amines is 1. The number of H-pyrrole nitrogens is 1. The van der Waals surface area contributed by atoms with Gasteiger partial charge in [0.1, 0.15) is 0 Å². The van der Waals surface area contributed by atoms with Gasteiger partial charge in [-0.3, -0.25) is 4.98 Å². The highest BCUT2D eigenvalue weighted by atomic mass is 32.1. The van der Waals surface area contributed by atoms with Crippen molar-refractivity contribution in [3.8, 4) is 0 Å². The van der Waals surface area contributed by atoms with Crippen LogP contribution in [0.2, 0.25) is 0 Å². The third-order valence-corrected chi connectivity index (χ3v) is 4.79. The molecular formula is C15H21N3S.